The molecule has 0 aliphatic carbocycles. The van der Waals surface area contributed by atoms with E-state index < -0.39 is 0 Å². The number of nitrogens with one attached hydrogen (secondary N) is 1. The first kappa shape index (κ1) is 20.6. The number of fused-ring (bicyclic) bond motifs is 1. The molecule has 2 amide bonds. The molecule has 6 nitrogen and oxygen atoms in total. The van der Waals surface area contributed by atoms with E-state index in [1.54, 1.807) is 11.8 Å². The van der Waals surface area contributed by atoms with Gasteiger partial charge in [0.2, 0.25) is 11.8 Å². The molecule has 1 fully saturated rings. The zero-order chi connectivity index (χ0) is 19.9. The number of carbonyl (C=O) groups is 2. The lowest BCUT2D eigenvalue weighted by Crippen LogP contribution is -2.42. The van der Waals surface area contributed by atoms with Crippen molar-refractivity contribution < 1.29 is 14.3 Å². The molecule has 0 radical (unpaired) electrons. The number of amides is 2. The monoisotopic (exact) mass is 387 g/mol. The first-order chi connectivity index (χ1) is 13.5. The maximum atomic E-state index is 12.2. The predicted octanol–water partition coefficient (Wildman–Crippen LogP) is 2.35. The molecule has 1 aromatic carbocycles. The van der Waals surface area contributed by atoms with Crippen LogP contribution in [0.3, 0.4) is 0 Å². The fraction of sp³-hybridized carbons (Fsp3) is 0.636. The Morgan fingerprint density at radius 1 is 1.25 bits per heavy atom. The van der Waals surface area contributed by atoms with Gasteiger partial charge in [0.25, 0.3) is 0 Å². The average Bonchev–Trinajstić information content (AvgIpc) is 2.90. The second-order valence-electron chi connectivity index (χ2n) is 7.96. The van der Waals surface area contributed by atoms with E-state index in [1.807, 2.05) is 12.1 Å². The summed E-state index contributed by atoms with van der Waals surface area (Å²) in [6, 6.07) is 6.68. The minimum absolute atomic E-state index is 0.0595. The normalized spacial score (nSPS) is 20.1. The van der Waals surface area contributed by atoms with E-state index in [0.717, 1.165) is 36.5 Å². The molecular formula is C22H33N3O3. The van der Waals surface area contributed by atoms with Crippen LogP contribution in [0.15, 0.2) is 18.2 Å². The summed E-state index contributed by atoms with van der Waals surface area (Å²) in [5, 5.41) is 3.06. The van der Waals surface area contributed by atoms with Crippen molar-refractivity contribution in [2.75, 3.05) is 32.8 Å². The number of rotatable bonds is 6. The van der Waals surface area contributed by atoms with Gasteiger partial charge < -0.3 is 15.0 Å². The highest BCUT2D eigenvalue weighted by Crippen LogP contribution is 2.25. The summed E-state index contributed by atoms with van der Waals surface area (Å²) in [6.45, 7) is 8.35. The highest BCUT2D eigenvalue weighted by atomic mass is 16.5. The Bertz CT molecular complexity index is 692. The van der Waals surface area contributed by atoms with E-state index >= 15 is 0 Å². The maximum Gasteiger partial charge on any atom is 0.220 e. The van der Waals surface area contributed by atoms with E-state index in [4.69, 9.17) is 4.74 Å². The highest BCUT2D eigenvalue weighted by molar-refractivity contribution is 5.76. The molecule has 2 heterocycles. The fourth-order valence-corrected chi connectivity index (χ4v) is 4.05. The van der Waals surface area contributed by atoms with Crippen molar-refractivity contribution in [2.24, 2.45) is 0 Å². The molecular weight excluding hydrogens is 354 g/mol. The predicted molar refractivity (Wildman–Crippen MR) is 109 cm³/mol. The number of aryl methyl sites for hydroxylation is 1. The van der Waals surface area contributed by atoms with E-state index in [1.165, 1.54) is 19.3 Å². The van der Waals surface area contributed by atoms with Gasteiger partial charge in [-0.05, 0) is 44.4 Å². The van der Waals surface area contributed by atoms with Gasteiger partial charge in [0.15, 0.2) is 0 Å². The van der Waals surface area contributed by atoms with Crippen LogP contribution in [0.5, 0.6) is 5.75 Å². The molecule has 2 aliphatic heterocycles. The number of piperidine rings is 1. The summed E-state index contributed by atoms with van der Waals surface area (Å²) in [7, 11) is 0. The van der Waals surface area contributed by atoms with Crippen LogP contribution in [0.25, 0.3) is 0 Å². The zero-order valence-corrected chi connectivity index (χ0v) is 17.2. The highest BCUT2D eigenvalue weighted by Gasteiger charge is 2.19. The zero-order valence-electron chi connectivity index (χ0n) is 17.2. The number of carbonyl (C=O) groups excluding carboxylic acids is 2. The van der Waals surface area contributed by atoms with Gasteiger partial charge in [-0.15, -0.1) is 0 Å². The molecule has 2 aliphatic rings. The molecule has 0 bridgehead atoms. The minimum atomic E-state index is 0.0595. The quantitative estimate of drug-likeness (QED) is 0.814. The van der Waals surface area contributed by atoms with Crippen molar-refractivity contribution in [3.8, 4) is 5.75 Å². The van der Waals surface area contributed by atoms with Crippen LogP contribution < -0.4 is 10.1 Å². The summed E-state index contributed by atoms with van der Waals surface area (Å²) in [5.74, 6) is 0.998. The number of likely N-dealkylation sites (tertiary alicyclic amines) is 1. The van der Waals surface area contributed by atoms with Crippen LogP contribution in [0.1, 0.15) is 50.7 Å². The Labute approximate surface area is 168 Å². The van der Waals surface area contributed by atoms with Crippen LogP contribution in [0.2, 0.25) is 0 Å². The topological polar surface area (TPSA) is 61.9 Å². The molecule has 1 aromatic rings. The Kier molecular flexibility index (Phi) is 7.31. The third kappa shape index (κ3) is 5.71. The molecule has 0 saturated carbocycles. The second-order valence-corrected chi connectivity index (χ2v) is 7.96. The van der Waals surface area contributed by atoms with Crippen LogP contribution in [-0.4, -0.2) is 60.4 Å². The number of ether oxygens (including phenoxy) is 1. The lowest BCUT2D eigenvalue weighted by molar-refractivity contribution is -0.129. The Hall–Kier alpha value is -2.08. The molecule has 1 N–H and O–H groups in total. The largest absolute Gasteiger partial charge is 0.491 e. The van der Waals surface area contributed by atoms with Crippen molar-refractivity contribution in [3.63, 3.8) is 0 Å². The first-order valence-corrected chi connectivity index (χ1v) is 10.5. The van der Waals surface area contributed by atoms with Crippen molar-refractivity contribution in [1.82, 2.24) is 15.1 Å². The SMILES string of the molecule is CC(=O)N1CCOc2ccc(CCC(=O)NCCN3CCCCC3C)cc2C1. The molecule has 1 unspecified atom stereocenters. The van der Waals surface area contributed by atoms with Gasteiger partial charge in [0, 0.05) is 44.6 Å². The molecule has 0 aromatic heterocycles. The van der Waals surface area contributed by atoms with E-state index in [0.29, 0.717) is 38.6 Å². The maximum absolute atomic E-state index is 12.2. The van der Waals surface area contributed by atoms with Gasteiger partial charge in [-0.2, -0.15) is 0 Å². The van der Waals surface area contributed by atoms with Crippen LogP contribution in [0, 0.1) is 0 Å². The molecule has 6 heteroatoms. The lowest BCUT2D eigenvalue weighted by atomic mass is 10.0. The second kappa shape index (κ2) is 9.92. The Morgan fingerprint density at radius 3 is 2.89 bits per heavy atom. The summed E-state index contributed by atoms with van der Waals surface area (Å²) >= 11 is 0. The third-order valence-electron chi connectivity index (χ3n) is 5.85. The summed E-state index contributed by atoms with van der Waals surface area (Å²) in [5.41, 5.74) is 2.12. The van der Waals surface area contributed by atoms with Gasteiger partial charge in [-0.25, -0.2) is 0 Å². The molecule has 1 atom stereocenters. The molecule has 3 rings (SSSR count). The summed E-state index contributed by atoms with van der Waals surface area (Å²) < 4.78 is 5.75. The number of hydrogen-bond donors (Lipinski definition) is 1. The van der Waals surface area contributed by atoms with Crippen LogP contribution >= 0.6 is 0 Å². The molecule has 0 spiro atoms. The van der Waals surface area contributed by atoms with Gasteiger partial charge in [-0.3, -0.25) is 14.5 Å². The van der Waals surface area contributed by atoms with Crippen molar-refractivity contribution >= 4 is 11.8 Å². The van der Waals surface area contributed by atoms with Gasteiger partial charge >= 0.3 is 0 Å². The minimum Gasteiger partial charge on any atom is -0.491 e. The van der Waals surface area contributed by atoms with Gasteiger partial charge in [0.05, 0.1) is 6.54 Å². The fourth-order valence-electron chi connectivity index (χ4n) is 4.05. The summed E-state index contributed by atoms with van der Waals surface area (Å²) in [4.78, 5) is 28.2. The smallest absolute Gasteiger partial charge is 0.220 e. The summed E-state index contributed by atoms with van der Waals surface area (Å²) in [6.07, 6.45) is 5.02. The van der Waals surface area contributed by atoms with Crippen molar-refractivity contribution in [3.05, 3.63) is 29.3 Å². The van der Waals surface area contributed by atoms with Gasteiger partial charge in [-0.1, -0.05) is 18.6 Å². The van der Waals surface area contributed by atoms with Crippen molar-refractivity contribution in [1.29, 1.82) is 0 Å². The number of hydrogen-bond acceptors (Lipinski definition) is 4. The van der Waals surface area contributed by atoms with Crippen LogP contribution in [0.4, 0.5) is 0 Å². The number of nitrogens with zero attached hydrogens (tertiary/aromatic N) is 2. The van der Waals surface area contributed by atoms with Gasteiger partial charge in [0.1, 0.15) is 12.4 Å². The third-order valence-corrected chi connectivity index (χ3v) is 5.85. The Morgan fingerprint density at radius 2 is 2.11 bits per heavy atom. The van der Waals surface area contributed by atoms with E-state index in [9.17, 15) is 9.59 Å². The Balaban J connectivity index is 1.45. The number of benzene rings is 1. The standard InChI is InChI=1S/C22H33N3O3/c1-17-5-3-4-11-24(17)12-10-23-22(27)9-7-19-6-8-21-20(15-19)16-25(18(2)26)13-14-28-21/h6,8,15,17H,3-5,7,9-14,16H2,1-2H3,(H,23,27). The van der Waals surface area contributed by atoms with Crippen molar-refractivity contribution in [2.45, 2.75) is 58.5 Å². The molecule has 1 saturated heterocycles. The molecule has 154 valence electrons. The average molecular weight is 388 g/mol. The van der Waals surface area contributed by atoms with E-state index in [-0.39, 0.29) is 11.8 Å². The lowest BCUT2D eigenvalue weighted by Gasteiger charge is -2.33. The van der Waals surface area contributed by atoms with E-state index in [2.05, 4.69) is 23.2 Å². The first-order valence-electron chi connectivity index (χ1n) is 10.5. The van der Waals surface area contributed by atoms with Crippen LogP contribution in [-0.2, 0) is 22.6 Å². The molecule has 28 heavy (non-hydrogen) atoms.